The lowest BCUT2D eigenvalue weighted by Gasteiger charge is -2.11. The number of fused-ring (bicyclic) bond motifs is 1. The quantitative estimate of drug-likeness (QED) is 0.476. The fourth-order valence-corrected chi connectivity index (χ4v) is 2.20. The maximum absolute atomic E-state index is 10.8. The molecule has 1 aliphatic carbocycles. The zero-order valence-corrected chi connectivity index (χ0v) is 8.77. The third-order valence-corrected chi connectivity index (χ3v) is 2.89. The van der Waals surface area contributed by atoms with Gasteiger partial charge in [0.1, 0.15) is 0 Å². The van der Waals surface area contributed by atoms with Gasteiger partial charge in [-0.1, -0.05) is 18.1 Å². The van der Waals surface area contributed by atoms with Crippen molar-refractivity contribution in [1.82, 2.24) is 5.32 Å². The fraction of sp³-hybridized carbons (Fsp3) is 0.333. The first-order valence-electron chi connectivity index (χ1n) is 5.17. The molecule has 1 atom stereocenters. The molecular formula is C12H12N2O2. The van der Waals surface area contributed by atoms with E-state index in [2.05, 4.69) is 11.2 Å². The van der Waals surface area contributed by atoms with Crippen molar-refractivity contribution in [3.63, 3.8) is 0 Å². The number of nitro benzene ring substituents is 1. The molecule has 0 radical (unpaired) electrons. The first-order chi connectivity index (χ1) is 7.74. The number of hydrogen-bond donors (Lipinski definition) is 1. The summed E-state index contributed by atoms with van der Waals surface area (Å²) >= 11 is 0. The Hall–Kier alpha value is -1.86. The molecule has 0 aliphatic heterocycles. The minimum absolute atomic E-state index is 0.158. The van der Waals surface area contributed by atoms with Gasteiger partial charge >= 0.3 is 0 Å². The van der Waals surface area contributed by atoms with Gasteiger partial charge in [-0.2, -0.15) is 0 Å². The van der Waals surface area contributed by atoms with Crippen LogP contribution in [0.4, 0.5) is 5.69 Å². The molecule has 0 spiro atoms. The predicted molar refractivity (Wildman–Crippen MR) is 61.0 cm³/mol. The summed E-state index contributed by atoms with van der Waals surface area (Å²) in [5.41, 5.74) is 2.09. The largest absolute Gasteiger partial charge is 0.299 e. The van der Waals surface area contributed by atoms with Crippen LogP contribution in [0.1, 0.15) is 23.6 Å². The average Bonchev–Trinajstić information content (AvgIpc) is 2.69. The third-order valence-electron chi connectivity index (χ3n) is 2.89. The molecule has 0 aromatic heterocycles. The van der Waals surface area contributed by atoms with Crippen molar-refractivity contribution in [2.75, 3.05) is 6.54 Å². The number of terminal acetylenes is 1. The topological polar surface area (TPSA) is 55.2 Å². The monoisotopic (exact) mass is 216 g/mol. The van der Waals surface area contributed by atoms with Gasteiger partial charge in [0.25, 0.3) is 5.69 Å². The van der Waals surface area contributed by atoms with Crippen molar-refractivity contribution in [2.45, 2.75) is 18.9 Å². The maximum Gasteiger partial charge on any atom is 0.272 e. The molecule has 0 fully saturated rings. The van der Waals surface area contributed by atoms with E-state index in [9.17, 15) is 10.1 Å². The Morgan fingerprint density at radius 2 is 2.44 bits per heavy atom. The van der Waals surface area contributed by atoms with Crippen LogP contribution in [0.2, 0.25) is 0 Å². The van der Waals surface area contributed by atoms with E-state index in [0.29, 0.717) is 6.54 Å². The van der Waals surface area contributed by atoms with E-state index >= 15 is 0 Å². The van der Waals surface area contributed by atoms with E-state index < -0.39 is 0 Å². The first kappa shape index (κ1) is 10.7. The maximum atomic E-state index is 10.8. The molecule has 0 bridgehead atoms. The van der Waals surface area contributed by atoms with Gasteiger partial charge in [0.05, 0.1) is 11.5 Å². The van der Waals surface area contributed by atoms with Gasteiger partial charge in [-0.3, -0.25) is 15.4 Å². The van der Waals surface area contributed by atoms with Crippen LogP contribution in [0.25, 0.3) is 0 Å². The smallest absolute Gasteiger partial charge is 0.272 e. The van der Waals surface area contributed by atoms with E-state index in [1.165, 1.54) is 0 Å². The van der Waals surface area contributed by atoms with Crippen molar-refractivity contribution in [3.05, 3.63) is 39.4 Å². The molecule has 1 aromatic carbocycles. The highest BCUT2D eigenvalue weighted by Gasteiger charge is 2.27. The fourth-order valence-electron chi connectivity index (χ4n) is 2.20. The number of rotatable bonds is 3. The van der Waals surface area contributed by atoms with Crippen LogP contribution in [0, 0.1) is 22.5 Å². The molecule has 4 nitrogen and oxygen atoms in total. The second-order valence-electron chi connectivity index (χ2n) is 3.78. The molecule has 82 valence electrons. The molecule has 0 amide bonds. The molecule has 4 heteroatoms. The number of hydrogen-bond acceptors (Lipinski definition) is 3. The van der Waals surface area contributed by atoms with Crippen molar-refractivity contribution >= 4 is 5.69 Å². The minimum atomic E-state index is -0.317. The van der Waals surface area contributed by atoms with Gasteiger partial charge in [0.15, 0.2) is 0 Å². The zero-order chi connectivity index (χ0) is 11.5. The van der Waals surface area contributed by atoms with Gasteiger partial charge in [-0.05, 0) is 18.4 Å². The van der Waals surface area contributed by atoms with Gasteiger partial charge in [-0.25, -0.2) is 0 Å². The Morgan fingerprint density at radius 3 is 3.12 bits per heavy atom. The Bertz CT molecular complexity index is 463. The summed E-state index contributed by atoms with van der Waals surface area (Å²) in [6.45, 7) is 0.493. The van der Waals surface area contributed by atoms with E-state index in [4.69, 9.17) is 6.42 Å². The van der Waals surface area contributed by atoms with Crippen LogP contribution in [0.3, 0.4) is 0 Å². The molecule has 1 aromatic rings. The van der Waals surface area contributed by atoms with Gasteiger partial charge in [0.2, 0.25) is 0 Å². The summed E-state index contributed by atoms with van der Waals surface area (Å²) in [5.74, 6) is 2.52. The van der Waals surface area contributed by atoms with Crippen molar-refractivity contribution < 1.29 is 4.92 Å². The summed E-state index contributed by atoms with van der Waals surface area (Å²) in [7, 11) is 0. The lowest BCUT2D eigenvalue weighted by Crippen LogP contribution is -2.19. The second-order valence-corrected chi connectivity index (χ2v) is 3.78. The summed E-state index contributed by atoms with van der Waals surface area (Å²) in [4.78, 5) is 10.5. The molecule has 2 rings (SSSR count). The van der Waals surface area contributed by atoms with E-state index in [1.54, 1.807) is 12.1 Å². The normalized spacial score (nSPS) is 17.8. The number of nitrogens with zero attached hydrogens (tertiary/aromatic N) is 1. The molecular weight excluding hydrogens is 204 g/mol. The molecule has 0 saturated carbocycles. The lowest BCUT2D eigenvalue weighted by molar-refractivity contribution is -0.385. The Morgan fingerprint density at radius 1 is 1.62 bits per heavy atom. The zero-order valence-electron chi connectivity index (χ0n) is 8.77. The highest BCUT2D eigenvalue weighted by molar-refractivity contribution is 5.49. The Labute approximate surface area is 93.8 Å². The Balaban J connectivity index is 2.31. The summed E-state index contributed by atoms with van der Waals surface area (Å²) in [6, 6.07) is 5.38. The Kier molecular flexibility index (Phi) is 2.88. The van der Waals surface area contributed by atoms with Crippen LogP contribution >= 0.6 is 0 Å². The lowest BCUT2D eigenvalue weighted by atomic mass is 10.1. The molecule has 0 heterocycles. The molecule has 0 saturated heterocycles. The van der Waals surface area contributed by atoms with Crippen molar-refractivity contribution in [1.29, 1.82) is 0 Å². The van der Waals surface area contributed by atoms with Crippen molar-refractivity contribution in [2.24, 2.45) is 0 Å². The van der Waals surface area contributed by atoms with E-state index in [-0.39, 0.29) is 16.7 Å². The van der Waals surface area contributed by atoms with Crippen LogP contribution in [-0.4, -0.2) is 11.5 Å². The highest BCUT2D eigenvalue weighted by Crippen LogP contribution is 2.36. The summed E-state index contributed by atoms with van der Waals surface area (Å²) < 4.78 is 0. The number of nitro groups is 1. The molecule has 1 aliphatic rings. The van der Waals surface area contributed by atoms with Crippen LogP contribution in [0.5, 0.6) is 0 Å². The third kappa shape index (κ3) is 1.77. The summed E-state index contributed by atoms with van der Waals surface area (Å²) in [6.07, 6.45) is 6.81. The van der Waals surface area contributed by atoms with E-state index in [1.807, 2.05) is 6.07 Å². The molecule has 16 heavy (non-hydrogen) atoms. The van der Waals surface area contributed by atoms with Crippen LogP contribution in [-0.2, 0) is 6.42 Å². The average molecular weight is 216 g/mol. The number of benzene rings is 1. The SMILES string of the molecule is C#CCNC1CCc2c1cccc2[N+](=O)[O-]. The second kappa shape index (κ2) is 4.33. The first-order valence-corrected chi connectivity index (χ1v) is 5.17. The van der Waals surface area contributed by atoms with Crippen LogP contribution in [0.15, 0.2) is 18.2 Å². The van der Waals surface area contributed by atoms with Crippen LogP contribution < -0.4 is 5.32 Å². The predicted octanol–water partition coefficient (Wildman–Crippen LogP) is 1.80. The van der Waals surface area contributed by atoms with Gasteiger partial charge < -0.3 is 0 Å². The summed E-state index contributed by atoms with van der Waals surface area (Å²) in [5, 5.41) is 14.0. The van der Waals surface area contributed by atoms with Gasteiger partial charge in [-0.15, -0.1) is 6.42 Å². The van der Waals surface area contributed by atoms with Gasteiger partial charge in [0, 0.05) is 17.7 Å². The number of nitrogens with one attached hydrogen (secondary N) is 1. The standard InChI is InChI=1S/C12H12N2O2/c1-2-8-13-11-7-6-10-9(11)4-3-5-12(10)14(15)16/h1,3-5,11,13H,6-8H2. The van der Waals surface area contributed by atoms with E-state index in [0.717, 1.165) is 24.0 Å². The van der Waals surface area contributed by atoms with Crippen molar-refractivity contribution in [3.8, 4) is 12.3 Å². The molecule has 1 N–H and O–H groups in total. The molecule has 1 unspecified atom stereocenters. The minimum Gasteiger partial charge on any atom is -0.299 e. The highest BCUT2D eigenvalue weighted by atomic mass is 16.6.